The van der Waals surface area contributed by atoms with Gasteiger partial charge in [0.05, 0.1) is 26.2 Å². The van der Waals surface area contributed by atoms with Gasteiger partial charge in [-0.2, -0.15) is 0 Å². The van der Waals surface area contributed by atoms with Crippen LogP contribution in [0.3, 0.4) is 0 Å². The molecule has 0 aromatic carbocycles. The molecular formula is C29H48O10. The molecule has 0 aromatic rings. The van der Waals surface area contributed by atoms with Crippen LogP contribution in [-0.2, 0) is 47.7 Å². The number of carbonyl (C=O) groups is 5. The number of ether oxygens (including phenoxy) is 5. The van der Waals surface area contributed by atoms with Crippen molar-refractivity contribution in [1.82, 2.24) is 0 Å². The summed E-state index contributed by atoms with van der Waals surface area (Å²) >= 11 is 0. The van der Waals surface area contributed by atoms with Crippen LogP contribution in [0.2, 0.25) is 0 Å². The lowest BCUT2D eigenvalue weighted by Crippen LogP contribution is -2.29. The predicted octanol–water partition coefficient (Wildman–Crippen LogP) is 5.12. The summed E-state index contributed by atoms with van der Waals surface area (Å²) < 4.78 is 23.7. The number of esters is 5. The summed E-state index contributed by atoms with van der Waals surface area (Å²) in [6.07, 6.45) is 16.4. The van der Waals surface area contributed by atoms with E-state index in [1.165, 1.54) is 12.8 Å². The second-order valence-electron chi connectivity index (χ2n) is 10.0. The molecule has 0 aliphatic carbocycles. The minimum Gasteiger partial charge on any atom is -0.466 e. The van der Waals surface area contributed by atoms with Gasteiger partial charge in [0.1, 0.15) is 12.2 Å². The molecule has 10 heteroatoms. The molecule has 224 valence electrons. The average molecular weight is 557 g/mol. The zero-order valence-electron chi connectivity index (χ0n) is 23.9. The first-order valence-corrected chi connectivity index (χ1v) is 14.7. The zero-order chi connectivity index (χ0) is 28.7. The summed E-state index contributed by atoms with van der Waals surface area (Å²) in [5, 5.41) is 0. The Hall–Kier alpha value is -2.65. The maximum Gasteiger partial charge on any atom is 0.309 e. The van der Waals surface area contributed by atoms with Gasteiger partial charge in [0.15, 0.2) is 0 Å². The highest BCUT2D eigenvalue weighted by Crippen LogP contribution is 2.18. The molecule has 0 bridgehead atoms. The lowest BCUT2D eigenvalue weighted by Gasteiger charge is -2.20. The van der Waals surface area contributed by atoms with Gasteiger partial charge in [0, 0.05) is 25.7 Å². The van der Waals surface area contributed by atoms with Gasteiger partial charge < -0.3 is 23.7 Å². The highest BCUT2D eigenvalue weighted by molar-refractivity contribution is 5.75. The van der Waals surface area contributed by atoms with Crippen LogP contribution in [0.25, 0.3) is 0 Å². The van der Waals surface area contributed by atoms with E-state index >= 15 is 0 Å². The molecule has 0 saturated carbocycles. The average Bonchev–Trinajstić information content (AvgIpc) is 3.12. The molecule has 5 aliphatic rings. The van der Waals surface area contributed by atoms with Crippen LogP contribution in [0.1, 0.15) is 123 Å². The first-order valence-electron chi connectivity index (χ1n) is 14.7. The number of rotatable bonds is 3. The minimum absolute atomic E-state index is 0.00797. The number of hydrogen-bond acceptors (Lipinski definition) is 10. The molecule has 2 unspecified atom stereocenters. The van der Waals surface area contributed by atoms with Crippen molar-refractivity contribution in [3.8, 4) is 0 Å². The summed E-state index contributed by atoms with van der Waals surface area (Å²) in [5.41, 5.74) is 0. The van der Waals surface area contributed by atoms with Gasteiger partial charge in [-0.1, -0.05) is 19.8 Å². The van der Waals surface area contributed by atoms with Crippen molar-refractivity contribution in [2.75, 3.05) is 19.8 Å². The monoisotopic (exact) mass is 556 g/mol. The molecular weight excluding hydrogens is 508 g/mol. The fourth-order valence-corrected chi connectivity index (χ4v) is 3.94. The Labute approximate surface area is 232 Å². The van der Waals surface area contributed by atoms with E-state index in [2.05, 4.69) is 21.1 Å². The Balaban J connectivity index is 0.000000251. The largest absolute Gasteiger partial charge is 0.466 e. The molecule has 5 heterocycles. The second kappa shape index (κ2) is 22.2. The standard InChI is InChI=1S/C10H18O2.C6H10O2.C5H8O2.2C4H6O2/c1-2-3-6-9-7-4-5-8-10(11)12-9;7-6-4-2-1-3-5-8-6;6-5-3-1-2-4-7-5;1-3-2-4(5)6-3;5-4-2-1-3-6-4/h9H,2-8H2,1H3;1-5H2;1-4H2;3H,2H2,1H3;1-3H2. The molecule has 5 rings (SSSR count). The first-order chi connectivity index (χ1) is 18.8. The Bertz CT molecular complexity index is 702. The number of hydrogen-bond donors (Lipinski definition) is 0. The fraction of sp³-hybridized carbons (Fsp3) is 0.828. The third-order valence-electron chi connectivity index (χ3n) is 6.24. The molecule has 0 spiro atoms. The summed E-state index contributed by atoms with van der Waals surface area (Å²) in [5.74, 6) is -0.167. The predicted molar refractivity (Wildman–Crippen MR) is 142 cm³/mol. The Morgan fingerprint density at radius 2 is 1.08 bits per heavy atom. The molecule has 2 atom stereocenters. The third-order valence-corrected chi connectivity index (χ3v) is 6.24. The molecule has 0 aromatic heterocycles. The Kier molecular flexibility index (Phi) is 19.6. The van der Waals surface area contributed by atoms with Gasteiger partial charge >= 0.3 is 29.8 Å². The van der Waals surface area contributed by atoms with E-state index in [1.807, 2.05) is 6.92 Å². The smallest absolute Gasteiger partial charge is 0.309 e. The fourth-order valence-electron chi connectivity index (χ4n) is 3.94. The van der Waals surface area contributed by atoms with Crippen LogP contribution in [0.4, 0.5) is 0 Å². The normalized spacial score (nSPS) is 24.0. The molecule has 5 aliphatic heterocycles. The molecule has 5 saturated heterocycles. The van der Waals surface area contributed by atoms with Crippen molar-refractivity contribution >= 4 is 29.8 Å². The van der Waals surface area contributed by atoms with Crippen molar-refractivity contribution in [3.63, 3.8) is 0 Å². The van der Waals surface area contributed by atoms with Crippen LogP contribution >= 0.6 is 0 Å². The number of cyclic esters (lactones) is 5. The van der Waals surface area contributed by atoms with Gasteiger partial charge in [0.25, 0.3) is 0 Å². The topological polar surface area (TPSA) is 132 Å². The van der Waals surface area contributed by atoms with Gasteiger partial charge in [-0.15, -0.1) is 0 Å². The molecule has 5 fully saturated rings. The van der Waals surface area contributed by atoms with E-state index in [4.69, 9.17) is 9.47 Å². The van der Waals surface area contributed by atoms with Crippen LogP contribution in [0.5, 0.6) is 0 Å². The summed E-state index contributed by atoms with van der Waals surface area (Å²) in [6, 6.07) is 0. The van der Waals surface area contributed by atoms with E-state index in [-0.39, 0.29) is 42.1 Å². The van der Waals surface area contributed by atoms with E-state index < -0.39 is 0 Å². The summed E-state index contributed by atoms with van der Waals surface area (Å²) in [7, 11) is 0. The van der Waals surface area contributed by atoms with E-state index in [0.29, 0.717) is 51.9 Å². The van der Waals surface area contributed by atoms with E-state index in [0.717, 1.165) is 64.2 Å². The van der Waals surface area contributed by atoms with Crippen LogP contribution < -0.4 is 0 Å². The summed E-state index contributed by atoms with van der Waals surface area (Å²) in [4.78, 5) is 51.6. The Morgan fingerprint density at radius 3 is 1.54 bits per heavy atom. The first kappa shape index (κ1) is 34.4. The summed E-state index contributed by atoms with van der Waals surface area (Å²) in [6.45, 7) is 5.95. The van der Waals surface area contributed by atoms with Crippen LogP contribution in [-0.4, -0.2) is 61.9 Å². The van der Waals surface area contributed by atoms with Gasteiger partial charge in [-0.05, 0) is 71.1 Å². The molecule has 39 heavy (non-hydrogen) atoms. The van der Waals surface area contributed by atoms with Crippen LogP contribution in [0.15, 0.2) is 0 Å². The van der Waals surface area contributed by atoms with Crippen molar-refractivity contribution in [2.24, 2.45) is 0 Å². The molecule has 0 amide bonds. The van der Waals surface area contributed by atoms with Crippen molar-refractivity contribution in [2.45, 2.75) is 135 Å². The molecule has 0 N–H and O–H groups in total. The maximum atomic E-state index is 11.0. The number of unbranched alkanes of at least 4 members (excludes halogenated alkanes) is 1. The SMILES string of the molecule is CC1CC(=O)O1.CCCCC1CCCCC(=O)O1.O=C1CCCCCO1.O=C1CCCCO1.O=C1CCCO1. The molecule has 0 radical (unpaired) electrons. The Morgan fingerprint density at radius 1 is 0.590 bits per heavy atom. The van der Waals surface area contributed by atoms with Gasteiger partial charge in [0.2, 0.25) is 0 Å². The quantitative estimate of drug-likeness (QED) is 0.341. The minimum atomic E-state index is -0.0671. The van der Waals surface area contributed by atoms with Crippen molar-refractivity contribution in [1.29, 1.82) is 0 Å². The molecule has 10 nitrogen and oxygen atoms in total. The lowest BCUT2D eigenvalue weighted by atomic mass is 10.1. The van der Waals surface area contributed by atoms with Crippen molar-refractivity contribution < 1.29 is 47.7 Å². The lowest BCUT2D eigenvalue weighted by molar-refractivity contribution is -0.167. The van der Waals surface area contributed by atoms with Crippen molar-refractivity contribution in [3.05, 3.63) is 0 Å². The maximum absolute atomic E-state index is 11.0. The van der Waals surface area contributed by atoms with E-state index in [1.54, 1.807) is 0 Å². The van der Waals surface area contributed by atoms with Gasteiger partial charge in [-0.25, -0.2) is 0 Å². The highest BCUT2D eigenvalue weighted by Gasteiger charge is 2.22. The van der Waals surface area contributed by atoms with Crippen LogP contribution in [0, 0.1) is 0 Å². The van der Waals surface area contributed by atoms with E-state index in [9.17, 15) is 24.0 Å². The third kappa shape index (κ3) is 20.0. The van der Waals surface area contributed by atoms with Gasteiger partial charge in [-0.3, -0.25) is 24.0 Å². The highest BCUT2D eigenvalue weighted by atomic mass is 16.6. The zero-order valence-corrected chi connectivity index (χ0v) is 23.9. The number of carbonyl (C=O) groups excluding carboxylic acids is 5. The second-order valence-corrected chi connectivity index (χ2v) is 10.0.